The van der Waals surface area contributed by atoms with E-state index in [-0.39, 0.29) is 4.47 Å². The van der Waals surface area contributed by atoms with Crippen LogP contribution in [0.2, 0.25) is 0 Å². The van der Waals surface area contributed by atoms with Crippen molar-refractivity contribution < 1.29 is 29.0 Å². The van der Waals surface area contributed by atoms with Gasteiger partial charge in [-0.3, -0.25) is 14.4 Å². The number of hydrogen-bond acceptors (Lipinski definition) is 3. The summed E-state index contributed by atoms with van der Waals surface area (Å²) >= 11 is 2.97. The van der Waals surface area contributed by atoms with Crippen LogP contribution in [0.4, 0.5) is 4.39 Å². The molecule has 19 heavy (non-hydrogen) atoms. The zero-order valence-electron chi connectivity index (χ0n) is 9.47. The third kappa shape index (κ3) is 4.02. The van der Waals surface area contributed by atoms with E-state index in [1.54, 1.807) is 0 Å². The highest BCUT2D eigenvalue weighted by molar-refractivity contribution is 9.10. The summed E-state index contributed by atoms with van der Waals surface area (Å²) in [7, 11) is 0. The topological polar surface area (TPSA) is 94.9 Å². The maximum Gasteiger partial charge on any atom is 0.323 e. The summed E-state index contributed by atoms with van der Waals surface area (Å²) in [6.07, 6.45) is 0. The molecule has 2 N–H and O–H groups in total. The number of halogens is 2. The Bertz CT molecular complexity index is 498. The van der Waals surface area contributed by atoms with Gasteiger partial charge < -0.3 is 15.1 Å². The molecule has 0 atom stereocenters. The number of carbonyl (C=O) groups excluding carboxylic acids is 1. The van der Waals surface area contributed by atoms with Crippen LogP contribution in [0, 0.1) is 5.82 Å². The van der Waals surface area contributed by atoms with Crippen LogP contribution in [0.15, 0.2) is 22.7 Å². The monoisotopic (exact) mass is 333 g/mol. The van der Waals surface area contributed by atoms with Crippen LogP contribution in [0.1, 0.15) is 10.4 Å². The van der Waals surface area contributed by atoms with Gasteiger partial charge in [-0.1, -0.05) is 6.07 Å². The smallest absolute Gasteiger partial charge is 0.323 e. The molecule has 0 radical (unpaired) electrons. The van der Waals surface area contributed by atoms with Crippen LogP contribution >= 0.6 is 15.9 Å². The Labute approximate surface area is 115 Å². The lowest BCUT2D eigenvalue weighted by molar-refractivity contribution is -0.140. The number of benzene rings is 1. The molecule has 6 nitrogen and oxygen atoms in total. The molecule has 0 bridgehead atoms. The largest absolute Gasteiger partial charge is 0.480 e. The second-order valence-electron chi connectivity index (χ2n) is 3.55. The lowest BCUT2D eigenvalue weighted by atomic mass is 10.2. The molecule has 0 saturated carbocycles. The molecule has 1 aromatic carbocycles. The highest BCUT2D eigenvalue weighted by Crippen LogP contribution is 2.21. The first-order valence-electron chi connectivity index (χ1n) is 4.99. The van der Waals surface area contributed by atoms with Crippen LogP contribution in [-0.4, -0.2) is 46.0 Å². The Morgan fingerprint density at radius 2 is 1.68 bits per heavy atom. The number of hydrogen-bond donors (Lipinski definition) is 2. The Morgan fingerprint density at radius 3 is 2.11 bits per heavy atom. The number of rotatable bonds is 5. The quantitative estimate of drug-likeness (QED) is 0.844. The Kier molecular flexibility index (Phi) is 4.99. The molecule has 0 aliphatic heterocycles. The predicted molar refractivity (Wildman–Crippen MR) is 65.3 cm³/mol. The maximum absolute atomic E-state index is 13.6. The second kappa shape index (κ2) is 6.28. The number of carboxylic acids is 2. The van der Waals surface area contributed by atoms with E-state index in [9.17, 15) is 18.8 Å². The van der Waals surface area contributed by atoms with Gasteiger partial charge in [0.05, 0.1) is 5.56 Å². The molecular formula is C11H9BrFNO5. The first-order chi connectivity index (χ1) is 8.82. The number of carbonyl (C=O) groups is 3. The van der Waals surface area contributed by atoms with Crippen LogP contribution in [-0.2, 0) is 9.59 Å². The zero-order chi connectivity index (χ0) is 14.6. The van der Waals surface area contributed by atoms with Crippen LogP contribution in [0.5, 0.6) is 0 Å². The molecule has 0 aliphatic carbocycles. The van der Waals surface area contributed by atoms with Gasteiger partial charge in [-0.05, 0) is 28.1 Å². The Morgan fingerprint density at radius 1 is 1.16 bits per heavy atom. The normalized spacial score (nSPS) is 10.0. The molecule has 102 valence electrons. The highest BCUT2D eigenvalue weighted by Gasteiger charge is 2.25. The molecule has 1 rings (SSSR count). The van der Waals surface area contributed by atoms with Crippen LogP contribution in [0.3, 0.4) is 0 Å². The molecule has 0 aliphatic rings. The summed E-state index contributed by atoms with van der Waals surface area (Å²) in [4.78, 5) is 33.7. The number of carboxylic acid groups (broad SMARTS) is 2. The Balaban J connectivity index is 3.11. The molecule has 0 spiro atoms. The van der Waals surface area contributed by atoms with E-state index in [1.807, 2.05) is 0 Å². The van der Waals surface area contributed by atoms with Crippen molar-refractivity contribution in [2.24, 2.45) is 0 Å². The number of aliphatic carboxylic acids is 2. The molecule has 0 fully saturated rings. The number of nitrogens with zero attached hydrogens (tertiary/aromatic N) is 1. The average molecular weight is 334 g/mol. The standard InChI is InChI=1S/C11H9BrFNO5/c12-6-2-1-3-7(13)10(6)11(19)14(4-8(15)16)5-9(17)18/h1-3H,4-5H2,(H,15,16)(H,17,18). The minimum atomic E-state index is -1.39. The Hall–Kier alpha value is -1.96. The molecular weight excluding hydrogens is 325 g/mol. The lowest BCUT2D eigenvalue weighted by Crippen LogP contribution is -2.39. The van der Waals surface area contributed by atoms with Gasteiger partial charge >= 0.3 is 11.9 Å². The highest BCUT2D eigenvalue weighted by atomic mass is 79.9. The zero-order valence-corrected chi connectivity index (χ0v) is 11.1. The van der Waals surface area contributed by atoms with Gasteiger partial charge in [0.1, 0.15) is 18.9 Å². The van der Waals surface area contributed by atoms with Gasteiger partial charge in [0.25, 0.3) is 5.91 Å². The minimum Gasteiger partial charge on any atom is -0.480 e. The van der Waals surface area contributed by atoms with Crippen molar-refractivity contribution in [1.29, 1.82) is 0 Å². The van der Waals surface area contributed by atoms with E-state index in [1.165, 1.54) is 12.1 Å². The first-order valence-corrected chi connectivity index (χ1v) is 5.79. The summed E-state index contributed by atoms with van der Waals surface area (Å²) in [5, 5.41) is 17.3. The summed E-state index contributed by atoms with van der Waals surface area (Å²) in [6, 6.07) is 3.78. The summed E-state index contributed by atoms with van der Waals surface area (Å²) in [5.74, 6) is -4.64. The molecule has 0 unspecified atom stereocenters. The van der Waals surface area contributed by atoms with E-state index in [4.69, 9.17) is 10.2 Å². The van der Waals surface area contributed by atoms with E-state index in [2.05, 4.69) is 15.9 Å². The van der Waals surface area contributed by atoms with Gasteiger partial charge in [0.15, 0.2) is 0 Å². The van der Waals surface area contributed by atoms with Gasteiger partial charge in [-0.2, -0.15) is 0 Å². The average Bonchev–Trinajstić information content (AvgIpc) is 2.26. The fourth-order valence-corrected chi connectivity index (χ4v) is 1.90. The summed E-state index contributed by atoms with van der Waals surface area (Å²) in [6.45, 7) is -1.65. The van der Waals surface area contributed by atoms with Gasteiger partial charge in [-0.15, -0.1) is 0 Å². The second-order valence-corrected chi connectivity index (χ2v) is 4.40. The van der Waals surface area contributed by atoms with Gasteiger partial charge in [-0.25, -0.2) is 4.39 Å². The van der Waals surface area contributed by atoms with E-state index in [0.29, 0.717) is 4.90 Å². The molecule has 0 saturated heterocycles. The van der Waals surface area contributed by atoms with E-state index in [0.717, 1.165) is 6.07 Å². The lowest BCUT2D eigenvalue weighted by Gasteiger charge is -2.19. The third-order valence-corrected chi connectivity index (χ3v) is 2.78. The molecule has 1 aromatic rings. The van der Waals surface area contributed by atoms with E-state index < -0.39 is 42.3 Å². The van der Waals surface area contributed by atoms with Crippen LogP contribution in [0.25, 0.3) is 0 Å². The fourth-order valence-electron chi connectivity index (χ4n) is 1.39. The molecule has 0 aromatic heterocycles. The van der Waals surface area contributed by atoms with Crippen LogP contribution < -0.4 is 0 Å². The first kappa shape index (κ1) is 15.1. The fraction of sp³-hybridized carbons (Fsp3) is 0.182. The van der Waals surface area contributed by atoms with Crippen molar-refractivity contribution in [3.8, 4) is 0 Å². The molecule has 0 heterocycles. The summed E-state index contributed by atoms with van der Waals surface area (Å²) < 4.78 is 13.7. The molecule has 1 amide bonds. The SMILES string of the molecule is O=C(O)CN(CC(=O)O)C(=O)c1c(F)cccc1Br. The van der Waals surface area contributed by atoms with Crippen molar-refractivity contribution in [3.63, 3.8) is 0 Å². The van der Waals surface area contributed by atoms with Crippen molar-refractivity contribution in [1.82, 2.24) is 4.90 Å². The predicted octanol–water partition coefficient (Wildman–Crippen LogP) is 1.20. The molecule has 8 heteroatoms. The van der Waals surface area contributed by atoms with Crippen molar-refractivity contribution in [3.05, 3.63) is 34.1 Å². The van der Waals surface area contributed by atoms with Gasteiger partial charge in [0, 0.05) is 4.47 Å². The van der Waals surface area contributed by atoms with E-state index >= 15 is 0 Å². The third-order valence-electron chi connectivity index (χ3n) is 2.12. The van der Waals surface area contributed by atoms with Crippen molar-refractivity contribution in [2.45, 2.75) is 0 Å². The minimum absolute atomic E-state index is 0.123. The van der Waals surface area contributed by atoms with Crippen molar-refractivity contribution in [2.75, 3.05) is 13.1 Å². The number of amides is 1. The maximum atomic E-state index is 13.6. The van der Waals surface area contributed by atoms with Gasteiger partial charge in [0.2, 0.25) is 0 Å². The summed E-state index contributed by atoms with van der Waals surface area (Å²) in [5.41, 5.74) is -0.398. The van der Waals surface area contributed by atoms with Crippen molar-refractivity contribution >= 4 is 33.8 Å².